The molecule has 0 amide bonds. The van der Waals surface area contributed by atoms with Crippen LogP contribution >= 0.6 is 0 Å². The maximum Gasteiger partial charge on any atom is 0.128 e. The van der Waals surface area contributed by atoms with E-state index < -0.39 is 0 Å². The van der Waals surface area contributed by atoms with Crippen molar-refractivity contribution >= 4 is 5.82 Å². The summed E-state index contributed by atoms with van der Waals surface area (Å²) < 4.78 is 0. The summed E-state index contributed by atoms with van der Waals surface area (Å²) in [5.41, 5.74) is 6.77. The average molecular weight is 262 g/mol. The van der Waals surface area contributed by atoms with Crippen LogP contribution in [0, 0.1) is 0 Å². The summed E-state index contributed by atoms with van der Waals surface area (Å²) in [5, 5.41) is 0. The molecular formula is C15H26N4. The molecule has 2 rings (SSSR count). The number of hydrogen-bond acceptors (Lipinski definition) is 4. The fourth-order valence-electron chi connectivity index (χ4n) is 2.88. The smallest absolute Gasteiger partial charge is 0.128 e. The van der Waals surface area contributed by atoms with Gasteiger partial charge in [-0.05, 0) is 50.5 Å². The van der Waals surface area contributed by atoms with Gasteiger partial charge in [-0.25, -0.2) is 4.98 Å². The van der Waals surface area contributed by atoms with Crippen molar-refractivity contribution < 1.29 is 0 Å². The number of aromatic nitrogens is 1. The summed E-state index contributed by atoms with van der Waals surface area (Å²) >= 11 is 0. The van der Waals surface area contributed by atoms with Gasteiger partial charge in [-0.2, -0.15) is 0 Å². The second kappa shape index (κ2) is 6.87. The summed E-state index contributed by atoms with van der Waals surface area (Å²) in [6.45, 7) is 6.40. The molecule has 1 aromatic rings. The molecule has 1 unspecified atom stereocenters. The van der Waals surface area contributed by atoms with Crippen molar-refractivity contribution in [1.29, 1.82) is 0 Å². The van der Waals surface area contributed by atoms with Crippen LogP contribution in [0.15, 0.2) is 18.3 Å². The Morgan fingerprint density at radius 2 is 2.32 bits per heavy atom. The molecule has 1 aliphatic rings. The standard InChI is InChI=1S/C15H26N4/c1-3-19-10-4-5-14(19)12-18(2)15-7-6-13(8-9-16)11-17-15/h6-7,11,14H,3-5,8-10,12,16H2,1-2H3. The Kier molecular flexibility index (Phi) is 5.16. The Bertz CT molecular complexity index is 376. The molecule has 4 heteroatoms. The van der Waals surface area contributed by atoms with E-state index in [9.17, 15) is 0 Å². The van der Waals surface area contributed by atoms with Crippen LogP contribution in [0.5, 0.6) is 0 Å². The third kappa shape index (κ3) is 3.67. The van der Waals surface area contributed by atoms with Crippen molar-refractivity contribution in [3.05, 3.63) is 23.9 Å². The first-order valence-corrected chi connectivity index (χ1v) is 7.34. The molecule has 1 atom stereocenters. The lowest BCUT2D eigenvalue weighted by Gasteiger charge is -2.28. The summed E-state index contributed by atoms with van der Waals surface area (Å²) in [4.78, 5) is 9.38. The Morgan fingerprint density at radius 1 is 1.47 bits per heavy atom. The lowest BCUT2D eigenvalue weighted by atomic mass is 10.2. The van der Waals surface area contributed by atoms with Gasteiger partial charge in [0.2, 0.25) is 0 Å². The van der Waals surface area contributed by atoms with Crippen molar-refractivity contribution in [1.82, 2.24) is 9.88 Å². The highest BCUT2D eigenvalue weighted by Crippen LogP contribution is 2.19. The van der Waals surface area contributed by atoms with Crippen LogP contribution in [0.25, 0.3) is 0 Å². The fourth-order valence-corrected chi connectivity index (χ4v) is 2.88. The first-order valence-electron chi connectivity index (χ1n) is 7.34. The van der Waals surface area contributed by atoms with E-state index in [1.807, 2.05) is 6.20 Å². The highest BCUT2D eigenvalue weighted by molar-refractivity contribution is 5.38. The van der Waals surface area contributed by atoms with Gasteiger partial charge in [0.15, 0.2) is 0 Å². The lowest BCUT2D eigenvalue weighted by molar-refractivity contribution is 0.270. The molecule has 0 aliphatic carbocycles. The predicted octanol–water partition coefficient (Wildman–Crippen LogP) is 1.50. The molecule has 1 fully saturated rings. The molecule has 0 saturated carbocycles. The molecule has 19 heavy (non-hydrogen) atoms. The minimum Gasteiger partial charge on any atom is -0.358 e. The van der Waals surface area contributed by atoms with E-state index in [4.69, 9.17) is 5.73 Å². The maximum absolute atomic E-state index is 5.55. The molecule has 2 N–H and O–H groups in total. The first kappa shape index (κ1) is 14.3. The van der Waals surface area contributed by atoms with E-state index in [-0.39, 0.29) is 0 Å². The number of nitrogens with two attached hydrogens (primary N) is 1. The molecule has 2 heterocycles. The number of nitrogens with zero attached hydrogens (tertiary/aromatic N) is 3. The van der Waals surface area contributed by atoms with E-state index >= 15 is 0 Å². The van der Waals surface area contributed by atoms with Gasteiger partial charge >= 0.3 is 0 Å². The average Bonchev–Trinajstić information content (AvgIpc) is 2.87. The van der Waals surface area contributed by atoms with E-state index in [0.717, 1.165) is 25.3 Å². The van der Waals surface area contributed by atoms with E-state index in [0.29, 0.717) is 12.6 Å². The van der Waals surface area contributed by atoms with Crippen molar-refractivity contribution in [3.63, 3.8) is 0 Å². The third-order valence-electron chi connectivity index (χ3n) is 4.02. The summed E-state index contributed by atoms with van der Waals surface area (Å²) in [6, 6.07) is 4.93. The molecular weight excluding hydrogens is 236 g/mol. The van der Waals surface area contributed by atoms with Gasteiger partial charge in [0.1, 0.15) is 5.82 Å². The molecule has 4 nitrogen and oxygen atoms in total. The number of likely N-dealkylation sites (N-methyl/N-ethyl adjacent to an activating group) is 2. The molecule has 1 aliphatic heterocycles. The van der Waals surface area contributed by atoms with Gasteiger partial charge in [-0.1, -0.05) is 13.0 Å². The van der Waals surface area contributed by atoms with Gasteiger partial charge in [0, 0.05) is 25.8 Å². The number of anilines is 1. The van der Waals surface area contributed by atoms with Crippen molar-refractivity contribution in [2.75, 3.05) is 38.1 Å². The van der Waals surface area contributed by atoms with E-state index in [2.05, 4.69) is 40.9 Å². The number of hydrogen-bond donors (Lipinski definition) is 1. The first-order chi connectivity index (χ1) is 9.24. The maximum atomic E-state index is 5.55. The Balaban J connectivity index is 1.93. The minimum absolute atomic E-state index is 0.681. The predicted molar refractivity (Wildman–Crippen MR) is 80.5 cm³/mol. The van der Waals surface area contributed by atoms with Crippen LogP contribution in [-0.2, 0) is 6.42 Å². The number of likely N-dealkylation sites (tertiary alicyclic amines) is 1. The van der Waals surface area contributed by atoms with Crippen LogP contribution in [0.3, 0.4) is 0 Å². The highest BCUT2D eigenvalue weighted by atomic mass is 15.2. The summed E-state index contributed by atoms with van der Waals surface area (Å²) in [5.74, 6) is 1.06. The van der Waals surface area contributed by atoms with Crippen molar-refractivity contribution in [2.45, 2.75) is 32.2 Å². The van der Waals surface area contributed by atoms with Gasteiger partial charge < -0.3 is 10.6 Å². The SMILES string of the molecule is CCN1CCCC1CN(C)c1ccc(CCN)cn1. The van der Waals surface area contributed by atoms with Crippen LogP contribution in [-0.4, -0.2) is 49.2 Å². The Hall–Kier alpha value is -1.13. The van der Waals surface area contributed by atoms with Gasteiger partial charge in [-0.3, -0.25) is 4.90 Å². The van der Waals surface area contributed by atoms with E-state index in [1.54, 1.807) is 0 Å². The molecule has 0 spiro atoms. The van der Waals surface area contributed by atoms with E-state index in [1.165, 1.54) is 24.9 Å². The normalized spacial score (nSPS) is 19.8. The zero-order valence-electron chi connectivity index (χ0n) is 12.2. The van der Waals surface area contributed by atoms with Crippen LogP contribution in [0.4, 0.5) is 5.82 Å². The van der Waals surface area contributed by atoms with Crippen LogP contribution < -0.4 is 10.6 Å². The second-order valence-corrected chi connectivity index (χ2v) is 5.37. The summed E-state index contributed by atoms with van der Waals surface area (Å²) in [6.07, 6.45) is 5.49. The van der Waals surface area contributed by atoms with Crippen LogP contribution in [0.2, 0.25) is 0 Å². The van der Waals surface area contributed by atoms with Crippen molar-refractivity contribution in [3.8, 4) is 0 Å². The Labute approximate surface area is 116 Å². The largest absolute Gasteiger partial charge is 0.358 e. The van der Waals surface area contributed by atoms with Gasteiger partial charge in [0.05, 0.1) is 0 Å². The lowest BCUT2D eigenvalue weighted by Crippen LogP contribution is -2.39. The van der Waals surface area contributed by atoms with Crippen molar-refractivity contribution in [2.24, 2.45) is 5.73 Å². The quantitative estimate of drug-likeness (QED) is 0.844. The topological polar surface area (TPSA) is 45.4 Å². The highest BCUT2D eigenvalue weighted by Gasteiger charge is 2.24. The molecule has 106 valence electrons. The van der Waals surface area contributed by atoms with Gasteiger partial charge in [0.25, 0.3) is 0 Å². The number of pyridine rings is 1. The molecule has 0 bridgehead atoms. The molecule has 1 aromatic heterocycles. The van der Waals surface area contributed by atoms with Crippen LogP contribution in [0.1, 0.15) is 25.3 Å². The zero-order valence-corrected chi connectivity index (χ0v) is 12.2. The fraction of sp³-hybridized carbons (Fsp3) is 0.667. The summed E-state index contributed by atoms with van der Waals surface area (Å²) in [7, 11) is 2.14. The Morgan fingerprint density at radius 3 is 2.95 bits per heavy atom. The third-order valence-corrected chi connectivity index (χ3v) is 4.02. The monoisotopic (exact) mass is 262 g/mol. The minimum atomic E-state index is 0.681. The number of rotatable bonds is 6. The molecule has 0 aromatic carbocycles. The molecule has 1 saturated heterocycles. The van der Waals surface area contributed by atoms with Gasteiger partial charge in [-0.15, -0.1) is 0 Å². The zero-order chi connectivity index (χ0) is 13.7. The second-order valence-electron chi connectivity index (χ2n) is 5.37. The molecule has 0 radical (unpaired) electrons.